The second kappa shape index (κ2) is 5.96. The highest BCUT2D eigenvalue weighted by Crippen LogP contribution is 2.27. The molecule has 1 atom stereocenters. The van der Waals surface area contributed by atoms with E-state index in [0.29, 0.717) is 23.1 Å². The van der Waals surface area contributed by atoms with Gasteiger partial charge in [0, 0.05) is 12.6 Å². The van der Waals surface area contributed by atoms with E-state index in [1.807, 2.05) is 6.92 Å². The Hall–Kier alpha value is -1.70. The van der Waals surface area contributed by atoms with Gasteiger partial charge in [-0.2, -0.15) is 5.10 Å². The first kappa shape index (κ1) is 13.7. The molecule has 0 bridgehead atoms. The lowest BCUT2D eigenvalue weighted by Crippen LogP contribution is -2.31. The van der Waals surface area contributed by atoms with Crippen molar-refractivity contribution in [2.75, 3.05) is 7.11 Å². The van der Waals surface area contributed by atoms with Crippen LogP contribution < -0.4 is 16.0 Å². The molecule has 0 aliphatic rings. The summed E-state index contributed by atoms with van der Waals surface area (Å²) < 4.78 is 6.84. The van der Waals surface area contributed by atoms with Crippen molar-refractivity contribution in [2.45, 2.75) is 19.5 Å². The Morgan fingerprint density at radius 1 is 1.53 bits per heavy atom. The molecule has 3 N–H and O–H groups in total. The minimum Gasteiger partial charge on any atom is -0.481 e. The molecule has 2 rings (SSSR count). The van der Waals surface area contributed by atoms with E-state index >= 15 is 0 Å². The molecule has 2 aromatic heterocycles. The number of aromatic nitrogens is 4. The van der Waals surface area contributed by atoms with E-state index in [4.69, 9.17) is 22.2 Å². The van der Waals surface area contributed by atoms with Gasteiger partial charge in [0.1, 0.15) is 12.4 Å². The number of ether oxygens (including phenoxy) is 1. The fraction of sp³-hybridized carbons (Fsp3) is 0.364. The van der Waals surface area contributed by atoms with Crippen molar-refractivity contribution in [3.8, 4) is 5.88 Å². The second-order valence-electron chi connectivity index (χ2n) is 3.78. The van der Waals surface area contributed by atoms with Gasteiger partial charge in [-0.3, -0.25) is 10.5 Å². The van der Waals surface area contributed by atoms with E-state index < -0.39 is 0 Å². The van der Waals surface area contributed by atoms with Gasteiger partial charge >= 0.3 is 0 Å². The summed E-state index contributed by atoms with van der Waals surface area (Å²) in [7, 11) is 1.54. The summed E-state index contributed by atoms with van der Waals surface area (Å²) >= 11 is 6.17. The van der Waals surface area contributed by atoms with Crippen molar-refractivity contribution in [1.82, 2.24) is 25.2 Å². The fourth-order valence-corrected chi connectivity index (χ4v) is 2.09. The Morgan fingerprint density at radius 3 is 2.95 bits per heavy atom. The highest BCUT2D eigenvalue weighted by molar-refractivity contribution is 6.31. The van der Waals surface area contributed by atoms with Crippen molar-refractivity contribution >= 4 is 11.6 Å². The predicted molar refractivity (Wildman–Crippen MR) is 70.7 cm³/mol. The maximum atomic E-state index is 6.17. The van der Waals surface area contributed by atoms with Crippen LogP contribution >= 0.6 is 11.6 Å². The molecule has 0 radical (unpaired) electrons. The van der Waals surface area contributed by atoms with Gasteiger partial charge in [-0.15, -0.1) is 0 Å². The van der Waals surface area contributed by atoms with E-state index in [2.05, 4.69) is 20.5 Å². The zero-order valence-electron chi connectivity index (χ0n) is 10.7. The standard InChI is InChI=1S/C11H15ClN6O/c1-3-18-11(7(12)5-16-18)10(17-13)8-4-9(19-2)15-6-14-8/h4-6,10,17H,3,13H2,1-2H3. The number of halogens is 1. The first-order valence-electron chi connectivity index (χ1n) is 5.74. The molecule has 0 saturated heterocycles. The average molecular weight is 283 g/mol. The van der Waals surface area contributed by atoms with Crippen molar-refractivity contribution in [3.05, 3.63) is 35.0 Å². The van der Waals surface area contributed by atoms with Gasteiger partial charge < -0.3 is 4.74 Å². The molecule has 102 valence electrons. The average Bonchev–Trinajstić information content (AvgIpc) is 2.82. The van der Waals surface area contributed by atoms with E-state index in [0.717, 1.165) is 5.69 Å². The van der Waals surface area contributed by atoms with Gasteiger partial charge in [-0.1, -0.05) is 11.6 Å². The zero-order valence-corrected chi connectivity index (χ0v) is 11.4. The Kier molecular flexibility index (Phi) is 4.31. The maximum absolute atomic E-state index is 6.17. The van der Waals surface area contributed by atoms with Crippen LogP contribution in [0.15, 0.2) is 18.6 Å². The third-order valence-electron chi connectivity index (χ3n) is 2.74. The van der Waals surface area contributed by atoms with Crippen molar-refractivity contribution < 1.29 is 4.74 Å². The lowest BCUT2D eigenvalue weighted by atomic mass is 10.1. The summed E-state index contributed by atoms with van der Waals surface area (Å²) in [6, 6.07) is 1.32. The Morgan fingerprint density at radius 2 is 2.32 bits per heavy atom. The van der Waals surface area contributed by atoms with E-state index in [-0.39, 0.29) is 6.04 Å². The maximum Gasteiger partial charge on any atom is 0.216 e. The Labute approximate surface area is 115 Å². The molecule has 1 unspecified atom stereocenters. The van der Waals surface area contributed by atoms with Crippen LogP contribution in [0.25, 0.3) is 0 Å². The Balaban J connectivity index is 2.46. The first-order valence-corrected chi connectivity index (χ1v) is 6.12. The number of hydrogen-bond acceptors (Lipinski definition) is 6. The first-order chi connectivity index (χ1) is 9.21. The van der Waals surface area contributed by atoms with Crippen molar-refractivity contribution in [1.29, 1.82) is 0 Å². The summed E-state index contributed by atoms with van der Waals surface area (Å²) in [4.78, 5) is 8.16. The second-order valence-corrected chi connectivity index (χ2v) is 4.19. The molecule has 7 nitrogen and oxygen atoms in total. The lowest BCUT2D eigenvalue weighted by Gasteiger charge is -2.17. The van der Waals surface area contributed by atoms with Gasteiger partial charge in [-0.05, 0) is 6.92 Å². The molecule has 2 aromatic rings. The van der Waals surface area contributed by atoms with Gasteiger partial charge in [-0.25, -0.2) is 15.4 Å². The number of methoxy groups -OCH3 is 1. The number of hydrazine groups is 1. The van der Waals surface area contributed by atoms with E-state index in [1.54, 1.807) is 24.1 Å². The summed E-state index contributed by atoms with van der Waals surface area (Å²) in [6.45, 7) is 2.66. The predicted octanol–water partition coefficient (Wildman–Crippen LogP) is 0.908. The highest BCUT2D eigenvalue weighted by Gasteiger charge is 2.22. The molecule has 0 spiro atoms. The van der Waals surface area contributed by atoms with Crippen LogP contribution in [-0.2, 0) is 6.54 Å². The zero-order chi connectivity index (χ0) is 13.8. The molecule has 0 aliphatic carbocycles. The van der Waals surface area contributed by atoms with Crippen molar-refractivity contribution in [3.63, 3.8) is 0 Å². The minimum absolute atomic E-state index is 0.383. The number of nitrogens with one attached hydrogen (secondary N) is 1. The number of aryl methyl sites for hydroxylation is 1. The summed E-state index contributed by atoms with van der Waals surface area (Å²) in [6.07, 6.45) is 3.00. The van der Waals surface area contributed by atoms with Crippen LogP contribution in [0.2, 0.25) is 5.02 Å². The van der Waals surface area contributed by atoms with Crippen molar-refractivity contribution in [2.24, 2.45) is 5.84 Å². The number of hydrogen-bond donors (Lipinski definition) is 2. The molecule has 0 aliphatic heterocycles. The quantitative estimate of drug-likeness (QED) is 0.626. The SMILES string of the molecule is CCn1ncc(Cl)c1C(NN)c1cc(OC)ncn1. The summed E-state index contributed by atoms with van der Waals surface area (Å²) in [5.74, 6) is 6.09. The third kappa shape index (κ3) is 2.67. The normalized spacial score (nSPS) is 12.4. The molecule has 19 heavy (non-hydrogen) atoms. The monoisotopic (exact) mass is 282 g/mol. The van der Waals surface area contributed by atoms with Gasteiger partial charge in [0.05, 0.1) is 29.7 Å². The van der Waals surface area contributed by atoms with Crippen LogP contribution in [0.1, 0.15) is 24.4 Å². The third-order valence-corrected chi connectivity index (χ3v) is 3.03. The minimum atomic E-state index is -0.383. The van der Waals surface area contributed by atoms with E-state index in [1.165, 1.54) is 6.33 Å². The molecule has 0 saturated carbocycles. The molecule has 0 fully saturated rings. The number of nitrogens with zero attached hydrogens (tertiary/aromatic N) is 4. The molecule has 2 heterocycles. The molecular formula is C11H15ClN6O. The highest BCUT2D eigenvalue weighted by atomic mass is 35.5. The summed E-state index contributed by atoms with van der Waals surface area (Å²) in [5.41, 5.74) is 4.11. The number of nitrogens with two attached hydrogens (primary N) is 1. The van der Waals surface area contributed by atoms with Crippen LogP contribution in [-0.4, -0.2) is 26.9 Å². The van der Waals surface area contributed by atoms with Crippen LogP contribution in [0.3, 0.4) is 0 Å². The summed E-state index contributed by atoms with van der Waals surface area (Å²) in [5, 5.41) is 4.72. The topological polar surface area (TPSA) is 90.9 Å². The van der Waals surface area contributed by atoms with Gasteiger partial charge in [0.15, 0.2) is 0 Å². The van der Waals surface area contributed by atoms with Crippen LogP contribution in [0.5, 0.6) is 5.88 Å². The fourth-order valence-electron chi connectivity index (χ4n) is 1.84. The van der Waals surface area contributed by atoms with Gasteiger partial charge in [0.25, 0.3) is 0 Å². The van der Waals surface area contributed by atoms with Crippen LogP contribution in [0, 0.1) is 0 Å². The Bertz CT molecular complexity index is 558. The molecular weight excluding hydrogens is 268 g/mol. The number of rotatable bonds is 5. The molecule has 0 aromatic carbocycles. The lowest BCUT2D eigenvalue weighted by molar-refractivity contribution is 0.394. The molecule has 8 heteroatoms. The molecule has 0 amide bonds. The smallest absolute Gasteiger partial charge is 0.216 e. The van der Waals surface area contributed by atoms with Crippen LogP contribution in [0.4, 0.5) is 0 Å². The van der Waals surface area contributed by atoms with Gasteiger partial charge in [0.2, 0.25) is 5.88 Å². The largest absolute Gasteiger partial charge is 0.481 e. The van der Waals surface area contributed by atoms with E-state index in [9.17, 15) is 0 Å².